The van der Waals surface area contributed by atoms with Gasteiger partial charge in [0.05, 0.1) is 3.92 Å². The minimum absolute atomic E-state index is 0.0939. The highest BCUT2D eigenvalue weighted by atomic mass is 127. The van der Waals surface area contributed by atoms with E-state index in [4.69, 9.17) is 4.74 Å². The third-order valence-corrected chi connectivity index (χ3v) is 4.09. The summed E-state index contributed by atoms with van der Waals surface area (Å²) in [6.07, 6.45) is -0.258. The van der Waals surface area contributed by atoms with Crippen molar-refractivity contribution in [3.8, 4) is 0 Å². The molecule has 0 unspecified atom stereocenters. The van der Waals surface area contributed by atoms with Crippen LogP contribution in [0, 0.1) is 0 Å². The van der Waals surface area contributed by atoms with Crippen molar-refractivity contribution in [1.82, 2.24) is 0 Å². The molecule has 92 valence electrons. The predicted molar refractivity (Wildman–Crippen MR) is 79.5 cm³/mol. The van der Waals surface area contributed by atoms with E-state index in [1.165, 1.54) is 0 Å². The molecule has 0 radical (unpaired) electrons. The van der Waals surface area contributed by atoms with E-state index in [1.807, 2.05) is 60.7 Å². The first-order chi connectivity index (χ1) is 8.83. The highest BCUT2D eigenvalue weighted by molar-refractivity contribution is 14.1. The zero-order chi connectivity index (χ0) is 12.8. The standard InChI is InChI=1S/C15H13IO2/c16-14(12-7-3-1-4-8-12)15(18-11-17)13-9-5-2-6-10-13/h1-11,14-15H/t14-,15-/m1/s1. The molecule has 0 heterocycles. The Kier molecular flexibility index (Phi) is 4.75. The maximum absolute atomic E-state index is 10.7. The van der Waals surface area contributed by atoms with E-state index in [1.54, 1.807) is 0 Å². The zero-order valence-electron chi connectivity index (χ0n) is 9.70. The fraction of sp³-hybridized carbons (Fsp3) is 0.133. The summed E-state index contributed by atoms with van der Waals surface area (Å²) in [5.74, 6) is 0. The van der Waals surface area contributed by atoms with E-state index >= 15 is 0 Å². The smallest absolute Gasteiger partial charge is 0.293 e. The summed E-state index contributed by atoms with van der Waals surface area (Å²) >= 11 is 2.31. The number of halogens is 1. The number of hydrogen-bond acceptors (Lipinski definition) is 2. The molecular weight excluding hydrogens is 339 g/mol. The predicted octanol–water partition coefficient (Wildman–Crippen LogP) is 4.08. The molecular formula is C15H13IO2. The lowest BCUT2D eigenvalue weighted by atomic mass is 10.0. The van der Waals surface area contributed by atoms with Crippen LogP contribution in [0.25, 0.3) is 0 Å². The summed E-state index contributed by atoms with van der Waals surface area (Å²) in [7, 11) is 0. The molecule has 2 aromatic rings. The maximum Gasteiger partial charge on any atom is 0.293 e. The van der Waals surface area contributed by atoms with Crippen LogP contribution in [-0.2, 0) is 9.53 Å². The third kappa shape index (κ3) is 3.10. The number of carbonyl (C=O) groups is 1. The molecule has 0 aliphatic heterocycles. The van der Waals surface area contributed by atoms with Gasteiger partial charge in [0, 0.05) is 0 Å². The molecule has 0 saturated heterocycles. The number of carbonyl (C=O) groups excluding carboxylic acids is 1. The number of alkyl halides is 1. The molecule has 2 nitrogen and oxygen atoms in total. The van der Waals surface area contributed by atoms with Crippen LogP contribution in [0.1, 0.15) is 21.2 Å². The third-order valence-electron chi connectivity index (χ3n) is 2.71. The lowest BCUT2D eigenvalue weighted by Gasteiger charge is -2.21. The summed E-state index contributed by atoms with van der Waals surface area (Å²) in [5, 5.41) is 0. The monoisotopic (exact) mass is 352 g/mol. The van der Waals surface area contributed by atoms with Crippen molar-refractivity contribution in [3.05, 3.63) is 71.8 Å². The normalized spacial score (nSPS) is 13.6. The van der Waals surface area contributed by atoms with Gasteiger partial charge in [-0.15, -0.1) is 0 Å². The molecule has 3 heteroatoms. The molecule has 0 aliphatic rings. The van der Waals surface area contributed by atoms with Crippen molar-refractivity contribution in [2.75, 3.05) is 0 Å². The second kappa shape index (κ2) is 6.54. The molecule has 2 atom stereocenters. The highest BCUT2D eigenvalue weighted by Crippen LogP contribution is 2.38. The van der Waals surface area contributed by atoms with E-state index in [-0.39, 0.29) is 10.0 Å². The summed E-state index contributed by atoms with van der Waals surface area (Å²) < 4.78 is 5.35. The molecule has 0 saturated carbocycles. The van der Waals surface area contributed by atoms with Gasteiger partial charge in [0.2, 0.25) is 0 Å². The first-order valence-corrected chi connectivity index (χ1v) is 6.90. The molecule has 0 aromatic heterocycles. The van der Waals surface area contributed by atoms with Gasteiger partial charge < -0.3 is 4.74 Å². The number of benzene rings is 2. The summed E-state index contributed by atoms with van der Waals surface area (Å²) in [4.78, 5) is 10.7. The van der Waals surface area contributed by atoms with Crippen LogP contribution in [0.4, 0.5) is 0 Å². The van der Waals surface area contributed by atoms with Crippen LogP contribution in [0.5, 0.6) is 0 Å². The SMILES string of the molecule is O=CO[C@H](c1ccccc1)[C@H](I)c1ccccc1. The Morgan fingerprint density at radius 1 is 0.889 bits per heavy atom. The van der Waals surface area contributed by atoms with E-state index in [0.29, 0.717) is 6.47 Å². The summed E-state index contributed by atoms with van der Waals surface area (Å²) in [5.41, 5.74) is 2.15. The van der Waals surface area contributed by atoms with Gasteiger partial charge in [-0.2, -0.15) is 0 Å². The van der Waals surface area contributed by atoms with Gasteiger partial charge in [0.25, 0.3) is 6.47 Å². The zero-order valence-corrected chi connectivity index (χ0v) is 11.9. The lowest BCUT2D eigenvalue weighted by molar-refractivity contribution is -0.133. The van der Waals surface area contributed by atoms with Crippen LogP contribution < -0.4 is 0 Å². The average molecular weight is 352 g/mol. The summed E-state index contributed by atoms with van der Waals surface area (Å²) in [6, 6.07) is 19.8. The van der Waals surface area contributed by atoms with Gasteiger partial charge in [0.1, 0.15) is 6.10 Å². The van der Waals surface area contributed by atoms with Gasteiger partial charge in [-0.3, -0.25) is 4.79 Å². The Morgan fingerprint density at radius 2 is 1.39 bits per heavy atom. The van der Waals surface area contributed by atoms with E-state index in [9.17, 15) is 4.79 Å². The quantitative estimate of drug-likeness (QED) is 0.461. The van der Waals surface area contributed by atoms with Crippen molar-refractivity contribution in [3.63, 3.8) is 0 Å². The van der Waals surface area contributed by atoms with Gasteiger partial charge >= 0.3 is 0 Å². The van der Waals surface area contributed by atoms with Gasteiger partial charge in [-0.1, -0.05) is 83.3 Å². The van der Waals surface area contributed by atoms with Crippen molar-refractivity contribution >= 4 is 29.1 Å². The highest BCUT2D eigenvalue weighted by Gasteiger charge is 2.23. The Bertz CT molecular complexity index is 484. The molecule has 18 heavy (non-hydrogen) atoms. The van der Waals surface area contributed by atoms with E-state index in [2.05, 4.69) is 22.6 Å². The van der Waals surface area contributed by atoms with Crippen LogP contribution in [0.2, 0.25) is 0 Å². The molecule has 2 aromatic carbocycles. The second-order valence-electron chi connectivity index (χ2n) is 3.88. The molecule has 0 fully saturated rings. The van der Waals surface area contributed by atoms with E-state index < -0.39 is 0 Å². The van der Waals surface area contributed by atoms with Crippen LogP contribution >= 0.6 is 22.6 Å². The number of rotatable bonds is 5. The Morgan fingerprint density at radius 3 is 1.89 bits per heavy atom. The van der Waals surface area contributed by atoms with Crippen LogP contribution in [0.15, 0.2) is 60.7 Å². The molecule has 0 amide bonds. The molecule has 0 aliphatic carbocycles. The Hall–Kier alpha value is -1.36. The fourth-order valence-corrected chi connectivity index (χ4v) is 2.83. The minimum atomic E-state index is -0.258. The summed E-state index contributed by atoms with van der Waals surface area (Å²) in [6.45, 7) is 0.520. The van der Waals surface area contributed by atoms with Gasteiger partial charge in [0.15, 0.2) is 0 Å². The molecule has 0 spiro atoms. The van der Waals surface area contributed by atoms with Gasteiger partial charge in [-0.05, 0) is 11.1 Å². The molecule has 0 bridgehead atoms. The number of ether oxygens (including phenoxy) is 1. The van der Waals surface area contributed by atoms with Crippen molar-refractivity contribution < 1.29 is 9.53 Å². The average Bonchev–Trinajstić information content (AvgIpc) is 2.46. The molecule has 2 rings (SSSR count). The number of hydrogen-bond donors (Lipinski definition) is 0. The van der Waals surface area contributed by atoms with Crippen LogP contribution in [-0.4, -0.2) is 6.47 Å². The largest absolute Gasteiger partial charge is 0.458 e. The Balaban J connectivity index is 2.28. The first kappa shape index (κ1) is 13.1. The van der Waals surface area contributed by atoms with Crippen molar-refractivity contribution in [1.29, 1.82) is 0 Å². The molecule has 0 N–H and O–H groups in total. The van der Waals surface area contributed by atoms with E-state index in [0.717, 1.165) is 11.1 Å². The Labute approximate surface area is 120 Å². The fourth-order valence-electron chi connectivity index (χ4n) is 1.83. The van der Waals surface area contributed by atoms with Crippen molar-refractivity contribution in [2.24, 2.45) is 0 Å². The topological polar surface area (TPSA) is 26.3 Å². The minimum Gasteiger partial charge on any atom is -0.458 e. The van der Waals surface area contributed by atoms with Crippen molar-refractivity contribution in [2.45, 2.75) is 10.0 Å². The van der Waals surface area contributed by atoms with Crippen LogP contribution in [0.3, 0.4) is 0 Å². The maximum atomic E-state index is 10.7. The second-order valence-corrected chi connectivity index (χ2v) is 5.22. The van der Waals surface area contributed by atoms with Gasteiger partial charge in [-0.25, -0.2) is 0 Å². The first-order valence-electron chi connectivity index (χ1n) is 5.66. The lowest BCUT2D eigenvalue weighted by Crippen LogP contribution is -2.09.